The van der Waals surface area contributed by atoms with Gasteiger partial charge in [0.25, 0.3) is 0 Å². The van der Waals surface area contributed by atoms with Gasteiger partial charge in [0.2, 0.25) is 0 Å². The Balaban J connectivity index is 2.05. The number of hydrogen-bond donors (Lipinski definition) is 1. The third kappa shape index (κ3) is 3.93. The van der Waals surface area contributed by atoms with E-state index < -0.39 is 0 Å². The topological polar surface area (TPSA) is 44.5 Å². The molecule has 4 heteroatoms. The molecule has 1 fully saturated rings. The summed E-state index contributed by atoms with van der Waals surface area (Å²) >= 11 is 6.25. The van der Waals surface area contributed by atoms with E-state index in [-0.39, 0.29) is 18.2 Å². The van der Waals surface area contributed by atoms with Gasteiger partial charge in [0.1, 0.15) is 0 Å². The van der Waals surface area contributed by atoms with E-state index in [1.165, 1.54) is 0 Å². The summed E-state index contributed by atoms with van der Waals surface area (Å²) in [5.41, 5.74) is 7.15. The lowest BCUT2D eigenvalue weighted by Crippen LogP contribution is -2.31. The molecule has 1 aliphatic rings. The lowest BCUT2D eigenvalue weighted by Gasteiger charge is -2.26. The molecule has 0 bridgehead atoms. The Labute approximate surface area is 120 Å². The van der Waals surface area contributed by atoms with Crippen molar-refractivity contribution in [1.29, 1.82) is 0 Å². The summed E-state index contributed by atoms with van der Waals surface area (Å²) in [5, 5.41) is 0.712. The number of hydrogen-bond acceptors (Lipinski definition) is 3. The largest absolute Gasteiger partial charge is 0.376 e. The highest BCUT2D eigenvalue weighted by Gasteiger charge is 2.24. The lowest BCUT2D eigenvalue weighted by molar-refractivity contribution is -0.0310. The van der Waals surface area contributed by atoms with Crippen LogP contribution >= 0.6 is 11.6 Å². The second kappa shape index (κ2) is 7.25. The van der Waals surface area contributed by atoms with Crippen molar-refractivity contribution in [2.45, 2.75) is 44.4 Å². The molecular formula is C15H22ClNO2. The molecule has 1 aromatic rings. The van der Waals surface area contributed by atoms with Crippen molar-refractivity contribution >= 4 is 11.6 Å². The maximum absolute atomic E-state index is 6.25. The molecule has 3 nitrogen and oxygen atoms in total. The molecule has 0 aliphatic carbocycles. The summed E-state index contributed by atoms with van der Waals surface area (Å²) in [6.45, 7) is 3.48. The molecule has 0 amide bonds. The minimum atomic E-state index is -0.164. The summed E-state index contributed by atoms with van der Waals surface area (Å²) in [4.78, 5) is 0. The molecule has 0 saturated carbocycles. The fourth-order valence-electron chi connectivity index (χ4n) is 2.35. The molecule has 1 saturated heterocycles. The van der Waals surface area contributed by atoms with E-state index in [4.69, 9.17) is 26.8 Å². The van der Waals surface area contributed by atoms with Gasteiger partial charge in [0, 0.05) is 23.2 Å². The number of rotatable bonds is 6. The van der Waals surface area contributed by atoms with Gasteiger partial charge in [-0.05, 0) is 25.3 Å². The first-order valence-electron chi connectivity index (χ1n) is 6.95. The minimum Gasteiger partial charge on any atom is -0.376 e. The Morgan fingerprint density at radius 3 is 2.89 bits per heavy atom. The average molecular weight is 284 g/mol. The predicted octanol–water partition coefficient (Wildman–Crippen LogP) is 3.31. The fourth-order valence-corrected chi connectivity index (χ4v) is 2.59. The van der Waals surface area contributed by atoms with Crippen LogP contribution in [-0.4, -0.2) is 25.4 Å². The molecule has 106 valence electrons. The van der Waals surface area contributed by atoms with Gasteiger partial charge in [-0.25, -0.2) is 0 Å². The van der Waals surface area contributed by atoms with E-state index >= 15 is 0 Å². The van der Waals surface area contributed by atoms with Crippen LogP contribution in [0.3, 0.4) is 0 Å². The molecule has 3 unspecified atom stereocenters. The summed E-state index contributed by atoms with van der Waals surface area (Å²) in [7, 11) is 0. The zero-order valence-corrected chi connectivity index (χ0v) is 12.1. The average Bonchev–Trinajstić information content (AvgIpc) is 2.93. The molecule has 1 aromatic carbocycles. The normalized spacial score (nSPS) is 22.4. The maximum atomic E-state index is 6.25. The Morgan fingerprint density at radius 2 is 2.26 bits per heavy atom. The summed E-state index contributed by atoms with van der Waals surface area (Å²) in [6, 6.07) is 7.69. The Bertz CT molecular complexity index is 393. The molecule has 1 heterocycles. The van der Waals surface area contributed by atoms with Crippen molar-refractivity contribution in [3.8, 4) is 0 Å². The van der Waals surface area contributed by atoms with E-state index in [2.05, 4.69) is 6.92 Å². The number of nitrogens with two attached hydrogens (primary N) is 1. The Morgan fingerprint density at radius 1 is 1.47 bits per heavy atom. The van der Waals surface area contributed by atoms with Crippen molar-refractivity contribution in [1.82, 2.24) is 0 Å². The number of halogens is 1. The Hall–Kier alpha value is -0.610. The van der Waals surface area contributed by atoms with Gasteiger partial charge in [0.05, 0.1) is 18.8 Å². The van der Waals surface area contributed by atoms with Gasteiger partial charge in [-0.3, -0.25) is 0 Å². The summed E-state index contributed by atoms with van der Waals surface area (Å²) < 4.78 is 11.6. The molecular weight excluding hydrogens is 262 g/mol. The minimum absolute atomic E-state index is 0.0543. The quantitative estimate of drug-likeness (QED) is 0.871. The molecule has 0 spiro atoms. The van der Waals surface area contributed by atoms with Gasteiger partial charge < -0.3 is 15.2 Å². The predicted molar refractivity (Wildman–Crippen MR) is 77.4 cm³/mol. The SMILES string of the molecule is CCC(N)C(OCC1CCCO1)c1ccccc1Cl. The first kappa shape index (κ1) is 14.8. The molecule has 3 atom stereocenters. The molecule has 2 rings (SSSR count). The first-order chi connectivity index (χ1) is 9.22. The number of benzene rings is 1. The van der Waals surface area contributed by atoms with Crippen LogP contribution < -0.4 is 5.73 Å². The van der Waals surface area contributed by atoms with Crippen LogP contribution in [0.25, 0.3) is 0 Å². The second-order valence-electron chi connectivity index (χ2n) is 4.98. The Kier molecular flexibility index (Phi) is 5.64. The highest BCUT2D eigenvalue weighted by molar-refractivity contribution is 6.31. The first-order valence-corrected chi connectivity index (χ1v) is 7.33. The van der Waals surface area contributed by atoms with Crippen molar-refractivity contribution < 1.29 is 9.47 Å². The standard InChI is InChI=1S/C15H22ClNO2/c1-2-14(17)15(12-7-3-4-8-13(12)16)19-10-11-6-5-9-18-11/h3-4,7-8,11,14-15H,2,5-6,9-10,17H2,1H3. The highest BCUT2D eigenvalue weighted by atomic mass is 35.5. The van der Waals surface area contributed by atoms with E-state index in [1.54, 1.807) is 0 Å². The van der Waals surface area contributed by atoms with E-state index in [9.17, 15) is 0 Å². The lowest BCUT2D eigenvalue weighted by atomic mass is 10.0. The summed E-state index contributed by atoms with van der Waals surface area (Å²) in [6.07, 6.45) is 3.07. The van der Waals surface area contributed by atoms with Crippen LogP contribution in [0.4, 0.5) is 0 Å². The molecule has 19 heavy (non-hydrogen) atoms. The van der Waals surface area contributed by atoms with Crippen LogP contribution in [0.2, 0.25) is 5.02 Å². The number of ether oxygens (including phenoxy) is 2. The van der Waals surface area contributed by atoms with Crippen LogP contribution in [0.5, 0.6) is 0 Å². The zero-order chi connectivity index (χ0) is 13.7. The van der Waals surface area contributed by atoms with E-state index in [1.807, 2.05) is 24.3 Å². The van der Waals surface area contributed by atoms with Crippen molar-refractivity contribution in [3.63, 3.8) is 0 Å². The van der Waals surface area contributed by atoms with Crippen LogP contribution in [-0.2, 0) is 9.47 Å². The zero-order valence-electron chi connectivity index (χ0n) is 11.3. The highest BCUT2D eigenvalue weighted by Crippen LogP contribution is 2.29. The molecule has 1 aliphatic heterocycles. The summed E-state index contributed by atoms with van der Waals surface area (Å²) in [5.74, 6) is 0. The van der Waals surface area contributed by atoms with Crippen LogP contribution in [0.1, 0.15) is 37.9 Å². The fraction of sp³-hybridized carbons (Fsp3) is 0.600. The van der Waals surface area contributed by atoms with Gasteiger partial charge in [-0.15, -0.1) is 0 Å². The second-order valence-corrected chi connectivity index (χ2v) is 5.39. The van der Waals surface area contributed by atoms with Crippen molar-refractivity contribution in [3.05, 3.63) is 34.9 Å². The van der Waals surface area contributed by atoms with Gasteiger partial charge in [-0.2, -0.15) is 0 Å². The maximum Gasteiger partial charge on any atom is 0.0991 e. The third-order valence-electron chi connectivity index (χ3n) is 3.56. The third-order valence-corrected chi connectivity index (χ3v) is 3.90. The molecule has 0 radical (unpaired) electrons. The molecule has 2 N–H and O–H groups in total. The van der Waals surface area contributed by atoms with Crippen molar-refractivity contribution in [2.24, 2.45) is 5.73 Å². The molecule has 0 aromatic heterocycles. The van der Waals surface area contributed by atoms with E-state index in [0.29, 0.717) is 11.6 Å². The van der Waals surface area contributed by atoms with Gasteiger partial charge in [0.15, 0.2) is 0 Å². The monoisotopic (exact) mass is 283 g/mol. The van der Waals surface area contributed by atoms with Crippen LogP contribution in [0.15, 0.2) is 24.3 Å². The smallest absolute Gasteiger partial charge is 0.0991 e. The van der Waals surface area contributed by atoms with Crippen molar-refractivity contribution in [2.75, 3.05) is 13.2 Å². The van der Waals surface area contributed by atoms with E-state index in [0.717, 1.165) is 31.4 Å². The van der Waals surface area contributed by atoms with Gasteiger partial charge >= 0.3 is 0 Å². The van der Waals surface area contributed by atoms with Crippen LogP contribution in [0, 0.1) is 0 Å². The van der Waals surface area contributed by atoms with Gasteiger partial charge in [-0.1, -0.05) is 36.7 Å².